The van der Waals surface area contributed by atoms with Crippen molar-refractivity contribution in [2.75, 3.05) is 13.2 Å². The zero-order valence-corrected chi connectivity index (χ0v) is 13.3. The fourth-order valence-corrected chi connectivity index (χ4v) is 3.41. The normalized spacial score (nSPS) is 21.4. The highest BCUT2D eigenvalue weighted by molar-refractivity contribution is 7.12. The molecule has 1 aliphatic rings. The maximum atomic E-state index is 12.2. The van der Waals surface area contributed by atoms with Gasteiger partial charge in [0.05, 0.1) is 6.61 Å². The second-order valence-electron chi connectivity index (χ2n) is 5.77. The predicted molar refractivity (Wildman–Crippen MR) is 86.4 cm³/mol. The monoisotopic (exact) mass is 305 g/mol. The Labute approximate surface area is 130 Å². The molecule has 0 aliphatic heterocycles. The second-order valence-corrected chi connectivity index (χ2v) is 6.69. The first kappa shape index (κ1) is 16.1. The molecule has 0 saturated heterocycles. The molecule has 1 heterocycles. The van der Waals surface area contributed by atoms with Gasteiger partial charge in [0.1, 0.15) is 4.88 Å². The number of nitrogens with one attached hydrogen (secondary N) is 1. The topological polar surface area (TPSA) is 49.3 Å². The van der Waals surface area contributed by atoms with Gasteiger partial charge in [-0.15, -0.1) is 11.3 Å². The number of carbonyl (C=O) groups is 1. The molecule has 3 nitrogen and oxygen atoms in total. The Balaban J connectivity index is 1.86. The van der Waals surface area contributed by atoms with Crippen molar-refractivity contribution in [3.63, 3.8) is 0 Å². The minimum Gasteiger partial charge on any atom is -0.395 e. The fraction of sp³-hybridized carbons (Fsp3) is 0.588. The lowest BCUT2D eigenvalue weighted by atomic mass is 9.83. The molecule has 4 heteroatoms. The highest BCUT2D eigenvalue weighted by atomic mass is 32.1. The van der Waals surface area contributed by atoms with E-state index in [-0.39, 0.29) is 12.5 Å². The summed E-state index contributed by atoms with van der Waals surface area (Å²) in [7, 11) is 0. The highest BCUT2D eigenvalue weighted by Crippen LogP contribution is 2.27. The number of thiophene rings is 1. The first-order chi connectivity index (χ1) is 10.2. The van der Waals surface area contributed by atoms with E-state index in [1.54, 1.807) is 0 Å². The van der Waals surface area contributed by atoms with E-state index < -0.39 is 0 Å². The SMILES string of the molecule is CC1CCC(CNC(=O)c2sccc2C#CCCO)CC1. The Morgan fingerprint density at radius 1 is 1.43 bits per heavy atom. The van der Waals surface area contributed by atoms with Crippen LogP contribution in [0.15, 0.2) is 11.4 Å². The van der Waals surface area contributed by atoms with Crippen molar-refractivity contribution >= 4 is 17.2 Å². The number of hydrogen-bond acceptors (Lipinski definition) is 3. The summed E-state index contributed by atoms with van der Waals surface area (Å²) in [5, 5.41) is 13.7. The van der Waals surface area contributed by atoms with Crippen LogP contribution in [0.3, 0.4) is 0 Å². The van der Waals surface area contributed by atoms with E-state index in [0.29, 0.717) is 17.2 Å². The number of rotatable bonds is 4. The minimum atomic E-state index is -0.0167. The quantitative estimate of drug-likeness (QED) is 0.840. The first-order valence-corrected chi connectivity index (χ1v) is 8.54. The van der Waals surface area contributed by atoms with E-state index in [1.165, 1.54) is 37.0 Å². The summed E-state index contributed by atoms with van der Waals surface area (Å²) in [4.78, 5) is 12.9. The zero-order valence-electron chi connectivity index (χ0n) is 12.5. The summed E-state index contributed by atoms with van der Waals surface area (Å²) in [5.74, 6) is 7.27. The Morgan fingerprint density at radius 3 is 2.90 bits per heavy atom. The molecule has 1 aromatic rings. The van der Waals surface area contributed by atoms with Crippen molar-refractivity contribution in [2.24, 2.45) is 11.8 Å². The van der Waals surface area contributed by atoms with Crippen molar-refractivity contribution in [1.82, 2.24) is 5.32 Å². The van der Waals surface area contributed by atoms with Crippen LogP contribution in [0.2, 0.25) is 0 Å². The molecular formula is C17H23NO2S. The molecule has 21 heavy (non-hydrogen) atoms. The molecular weight excluding hydrogens is 282 g/mol. The van der Waals surface area contributed by atoms with Crippen LogP contribution >= 0.6 is 11.3 Å². The molecule has 2 N–H and O–H groups in total. The average Bonchev–Trinajstić information content (AvgIpc) is 2.95. The van der Waals surface area contributed by atoms with E-state index >= 15 is 0 Å². The summed E-state index contributed by atoms with van der Waals surface area (Å²) < 4.78 is 0. The maximum absolute atomic E-state index is 12.2. The van der Waals surface area contributed by atoms with Gasteiger partial charge in [0.2, 0.25) is 0 Å². The Kier molecular flexibility index (Phi) is 6.28. The van der Waals surface area contributed by atoms with Crippen LogP contribution in [-0.4, -0.2) is 24.2 Å². The summed E-state index contributed by atoms with van der Waals surface area (Å²) >= 11 is 1.43. The average molecular weight is 305 g/mol. The van der Waals surface area contributed by atoms with E-state index in [2.05, 4.69) is 24.1 Å². The van der Waals surface area contributed by atoms with E-state index in [0.717, 1.165) is 18.0 Å². The molecule has 1 aliphatic carbocycles. The Hall–Kier alpha value is -1.31. The lowest BCUT2D eigenvalue weighted by molar-refractivity contribution is 0.0945. The third-order valence-electron chi connectivity index (χ3n) is 4.02. The number of aliphatic hydroxyl groups is 1. The predicted octanol–water partition coefficient (Wildman–Crippen LogP) is 3.04. The van der Waals surface area contributed by atoms with E-state index in [1.807, 2.05) is 11.4 Å². The summed E-state index contributed by atoms with van der Waals surface area (Å²) in [6.07, 6.45) is 5.43. The maximum Gasteiger partial charge on any atom is 0.262 e. The molecule has 0 spiro atoms. The highest BCUT2D eigenvalue weighted by Gasteiger charge is 2.19. The van der Waals surface area contributed by atoms with Gasteiger partial charge in [-0.1, -0.05) is 31.6 Å². The van der Waals surface area contributed by atoms with Crippen molar-refractivity contribution in [2.45, 2.75) is 39.0 Å². The van der Waals surface area contributed by atoms with Gasteiger partial charge in [0, 0.05) is 18.5 Å². The molecule has 1 fully saturated rings. The summed E-state index contributed by atoms with van der Waals surface area (Å²) in [6.45, 7) is 3.13. The van der Waals surface area contributed by atoms with Crippen molar-refractivity contribution < 1.29 is 9.90 Å². The summed E-state index contributed by atoms with van der Waals surface area (Å²) in [5.41, 5.74) is 0.767. The van der Waals surface area contributed by atoms with Gasteiger partial charge in [0.25, 0.3) is 5.91 Å². The van der Waals surface area contributed by atoms with Gasteiger partial charge in [-0.25, -0.2) is 0 Å². The number of amides is 1. The number of hydrogen-bond donors (Lipinski definition) is 2. The van der Waals surface area contributed by atoms with Gasteiger partial charge in [-0.3, -0.25) is 4.79 Å². The van der Waals surface area contributed by atoms with Gasteiger partial charge in [-0.05, 0) is 36.1 Å². The molecule has 1 saturated carbocycles. The Morgan fingerprint density at radius 2 is 2.19 bits per heavy atom. The lowest BCUT2D eigenvalue weighted by Crippen LogP contribution is -2.30. The smallest absolute Gasteiger partial charge is 0.262 e. The molecule has 0 atom stereocenters. The number of aliphatic hydroxyl groups excluding tert-OH is 1. The Bertz CT molecular complexity index is 518. The molecule has 0 unspecified atom stereocenters. The van der Waals surface area contributed by atoms with Crippen LogP contribution in [0.25, 0.3) is 0 Å². The second kappa shape index (κ2) is 8.21. The molecule has 114 valence electrons. The lowest BCUT2D eigenvalue weighted by Gasteiger charge is -2.26. The van der Waals surface area contributed by atoms with Crippen molar-refractivity contribution in [1.29, 1.82) is 0 Å². The van der Waals surface area contributed by atoms with E-state index in [4.69, 9.17) is 5.11 Å². The van der Waals surface area contributed by atoms with Crippen molar-refractivity contribution in [3.05, 3.63) is 21.9 Å². The standard InChI is InChI=1S/C17H23NO2S/c1-13-5-7-14(8-6-13)12-18-17(20)16-15(9-11-21-16)4-2-3-10-19/h9,11,13-14,19H,3,5-8,10,12H2,1H3,(H,18,20). The molecule has 0 radical (unpaired) electrons. The van der Waals surface area contributed by atoms with Crippen LogP contribution in [0.1, 0.15) is 54.3 Å². The zero-order chi connectivity index (χ0) is 15.1. The molecule has 0 aromatic carbocycles. The molecule has 1 amide bonds. The van der Waals surface area contributed by atoms with E-state index in [9.17, 15) is 4.79 Å². The summed E-state index contributed by atoms with van der Waals surface area (Å²) in [6, 6.07) is 1.87. The van der Waals surface area contributed by atoms with Crippen molar-refractivity contribution in [3.8, 4) is 11.8 Å². The van der Waals surface area contributed by atoms with Crippen LogP contribution in [0.5, 0.6) is 0 Å². The third-order valence-corrected chi connectivity index (χ3v) is 4.93. The number of carbonyl (C=O) groups excluding carboxylic acids is 1. The first-order valence-electron chi connectivity index (χ1n) is 7.66. The molecule has 1 aromatic heterocycles. The van der Waals surface area contributed by atoms with Gasteiger partial charge in [0.15, 0.2) is 0 Å². The van der Waals surface area contributed by atoms with Gasteiger partial charge in [-0.2, -0.15) is 0 Å². The molecule has 2 rings (SSSR count). The van der Waals surface area contributed by atoms with Gasteiger partial charge < -0.3 is 10.4 Å². The van der Waals surface area contributed by atoms with Gasteiger partial charge >= 0.3 is 0 Å². The largest absolute Gasteiger partial charge is 0.395 e. The fourth-order valence-electron chi connectivity index (χ4n) is 2.65. The third kappa shape index (κ3) is 4.87. The minimum absolute atomic E-state index is 0.0167. The van der Waals surface area contributed by atoms with Crippen LogP contribution in [0.4, 0.5) is 0 Å². The van der Waals surface area contributed by atoms with Crippen LogP contribution in [0, 0.1) is 23.7 Å². The van der Waals surface area contributed by atoms with Crippen LogP contribution in [-0.2, 0) is 0 Å². The molecule has 0 bridgehead atoms. The van der Waals surface area contributed by atoms with Crippen LogP contribution < -0.4 is 5.32 Å².